The van der Waals surface area contributed by atoms with Gasteiger partial charge in [-0.2, -0.15) is 0 Å². The van der Waals surface area contributed by atoms with E-state index in [2.05, 4.69) is 5.29 Å². The number of amides is 1. The fraction of sp³-hybridized carbons (Fsp3) is 0.800. The molecule has 1 fully saturated rings. The van der Waals surface area contributed by atoms with Crippen molar-refractivity contribution in [1.29, 1.82) is 0 Å². The Balaban J connectivity index is 2.30. The highest BCUT2D eigenvalue weighted by Gasteiger charge is 2.13. The van der Waals surface area contributed by atoms with Gasteiger partial charge < -0.3 is 4.90 Å². The van der Waals surface area contributed by atoms with Crippen molar-refractivity contribution in [2.24, 2.45) is 5.29 Å². The summed E-state index contributed by atoms with van der Waals surface area (Å²) in [6.07, 6.45) is 0.794. The van der Waals surface area contributed by atoms with Gasteiger partial charge in [0.05, 0.1) is 18.4 Å². The molecule has 1 aliphatic rings. The molecule has 0 N–H and O–H groups in total. The summed E-state index contributed by atoms with van der Waals surface area (Å²) in [7, 11) is 0. The number of nitroso groups, excluding NO2 is 1. The minimum atomic E-state index is 0.558. The molecular weight excluding hydrogens is 134 g/mol. The summed E-state index contributed by atoms with van der Waals surface area (Å²) in [4.78, 5) is 21.7. The van der Waals surface area contributed by atoms with Crippen molar-refractivity contribution in [3.05, 3.63) is 4.91 Å². The van der Waals surface area contributed by atoms with E-state index < -0.39 is 0 Å². The maximum atomic E-state index is 10.2. The predicted molar refractivity (Wildman–Crippen MR) is 35.0 cm³/mol. The Morgan fingerprint density at radius 1 is 1.20 bits per heavy atom. The number of piperazine rings is 1. The summed E-state index contributed by atoms with van der Waals surface area (Å²) in [6.45, 7) is 2.33. The Morgan fingerprint density at radius 2 is 1.80 bits per heavy atom. The Kier molecular flexibility index (Phi) is 2.20. The molecular formula is C5H9N3O2. The fourth-order valence-electron chi connectivity index (χ4n) is 0.898. The number of carbonyl (C=O) groups excluding carboxylic acids is 1. The van der Waals surface area contributed by atoms with Crippen LogP contribution in [-0.2, 0) is 4.79 Å². The number of carbonyl (C=O) groups is 1. The molecule has 10 heavy (non-hydrogen) atoms. The lowest BCUT2D eigenvalue weighted by Crippen LogP contribution is -2.42. The van der Waals surface area contributed by atoms with Gasteiger partial charge in [0.1, 0.15) is 0 Å². The van der Waals surface area contributed by atoms with Gasteiger partial charge in [0.25, 0.3) is 0 Å². The Bertz CT molecular complexity index is 115. The molecule has 0 atom stereocenters. The molecule has 0 radical (unpaired) electrons. The molecule has 0 bridgehead atoms. The monoisotopic (exact) mass is 143 g/mol. The van der Waals surface area contributed by atoms with Crippen LogP contribution in [0.5, 0.6) is 0 Å². The maximum absolute atomic E-state index is 10.2. The van der Waals surface area contributed by atoms with E-state index in [1.807, 2.05) is 0 Å². The molecule has 0 aromatic carbocycles. The van der Waals surface area contributed by atoms with E-state index in [1.54, 1.807) is 4.90 Å². The van der Waals surface area contributed by atoms with Gasteiger partial charge in [-0.15, -0.1) is 4.91 Å². The molecule has 0 unspecified atom stereocenters. The first kappa shape index (κ1) is 6.98. The van der Waals surface area contributed by atoms with Crippen molar-refractivity contribution in [2.75, 3.05) is 26.2 Å². The quantitative estimate of drug-likeness (QED) is 0.384. The fourth-order valence-corrected chi connectivity index (χ4v) is 0.898. The largest absolute Gasteiger partial charge is 0.342 e. The summed E-state index contributed by atoms with van der Waals surface area (Å²) < 4.78 is 0. The van der Waals surface area contributed by atoms with Gasteiger partial charge in [0.15, 0.2) is 0 Å². The second kappa shape index (κ2) is 3.14. The predicted octanol–water partition coefficient (Wildman–Crippen LogP) is -0.558. The number of hydrogen-bond acceptors (Lipinski definition) is 3. The summed E-state index contributed by atoms with van der Waals surface area (Å²) in [5.41, 5.74) is 0. The minimum Gasteiger partial charge on any atom is -0.342 e. The highest BCUT2D eigenvalue weighted by atomic mass is 16.3. The van der Waals surface area contributed by atoms with Crippen molar-refractivity contribution in [3.63, 3.8) is 0 Å². The van der Waals surface area contributed by atoms with Crippen LogP contribution in [0.15, 0.2) is 5.29 Å². The first-order valence-corrected chi connectivity index (χ1v) is 3.14. The minimum absolute atomic E-state index is 0.558. The van der Waals surface area contributed by atoms with E-state index in [0.29, 0.717) is 26.2 Å². The Morgan fingerprint density at radius 3 is 2.20 bits per heavy atom. The lowest BCUT2D eigenvalue weighted by molar-refractivity contribution is -0.119. The average molecular weight is 143 g/mol. The van der Waals surface area contributed by atoms with Crippen LogP contribution in [0.2, 0.25) is 0 Å². The van der Waals surface area contributed by atoms with E-state index in [4.69, 9.17) is 0 Å². The lowest BCUT2D eigenvalue weighted by atomic mass is 10.4. The van der Waals surface area contributed by atoms with Crippen molar-refractivity contribution >= 4 is 6.41 Å². The van der Waals surface area contributed by atoms with Gasteiger partial charge in [-0.05, 0) is 0 Å². The average Bonchev–Trinajstić information content (AvgIpc) is 2.05. The summed E-state index contributed by atoms with van der Waals surface area (Å²) in [5.74, 6) is 0. The van der Waals surface area contributed by atoms with E-state index in [1.165, 1.54) is 5.01 Å². The van der Waals surface area contributed by atoms with Gasteiger partial charge in [-0.3, -0.25) is 9.80 Å². The Labute approximate surface area is 58.5 Å². The molecule has 1 saturated heterocycles. The first-order chi connectivity index (χ1) is 4.86. The smallest absolute Gasteiger partial charge is 0.209 e. The number of hydrogen-bond donors (Lipinski definition) is 0. The second-order valence-electron chi connectivity index (χ2n) is 2.18. The van der Waals surface area contributed by atoms with Gasteiger partial charge in [-0.1, -0.05) is 0 Å². The first-order valence-electron chi connectivity index (χ1n) is 3.14. The molecule has 0 aliphatic carbocycles. The zero-order valence-electron chi connectivity index (χ0n) is 5.56. The highest BCUT2D eigenvalue weighted by molar-refractivity contribution is 5.47. The normalized spacial score (nSPS) is 18.8. The van der Waals surface area contributed by atoms with Crippen molar-refractivity contribution < 1.29 is 4.79 Å². The summed E-state index contributed by atoms with van der Waals surface area (Å²) >= 11 is 0. The van der Waals surface area contributed by atoms with Crippen LogP contribution < -0.4 is 0 Å². The van der Waals surface area contributed by atoms with Crippen LogP contribution in [0.3, 0.4) is 0 Å². The molecule has 1 aliphatic heterocycles. The lowest BCUT2D eigenvalue weighted by Gasteiger charge is -2.27. The van der Waals surface area contributed by atoms with Gasteiger partial charge in [0.2, 0.25) is 6.41 Å². The molecule has 1 rings (SSSR count). The molecule has 0 saturated carbocycles. The third kappa shape index (κ3) is 1.43. The standard InChI is InChI=1S/C5H9N3O2/c9-5-7-1-3-8(6-10)4-2-7/h5H,1-4H2. The molecule has 56 valence electrons. The second-order valence-corrected chi connectivity index (χ2v) is 2.18. The summed E-state index contributed by atoms with van der Waals surface area (Å²) in [6, 6.07) is 0. The van der Waals surface area contributed by atoms with Crippen LogP contribution in [-0.4, -0.2) is 42.5 Å². The molecule has 5 nitrogen and oxygen atoms in total. The molecule has 1 amide bonds. The van der Waals surface area contributed by atoms with Crippen molar-refractivity contribution in [2.45, 2.75) is 0 Å². The van der Waals surface area contributed by atoms with E-state index in [0.717, 1.165) is 6.41 Å². The third-order valence-corrected chi connectivity index (χ3v) is 1.56. The van der Waals surface area contributed by atoms with Crippen LogP contribution in [0.4, 0.5) is 0 Å². The zero-order valence-corrected chi connectivity index (χ0v) is 5.56. The Hall–Kier alpha value is -1.13. The molecule has 1 heterocycles. The van der Waals surface area contributed by atoms with E-state index in [9.17, 15) is 9.70 Å². The highest BCUT2D eigenvalue weighted by Crippen LogP contribution is 1.97. The van der Waals surface area contributed by atoms with Crippen molar-refractivity contribution in [1.82, 2.24) is 9.91 Å². The number of rotatable bonds is 2. The van der Waals surface area contributed by atoms with Gasteiger partial charge in [0, 0.05) is 13.1 Å². The van der Waals surface area contributed by atoms with Gasteiger partial charge >= 0.3 is 0 Å². The third-order valence-electron chi connectivity index (χ3n) is 1.56. The van der Waals surface area contributed by atoms with Gasteiger partial charge in [-0.25, -0.2) is 0 Å². The van der Waals surface area contributed by atoms with Crippen LogP contribution >= 0.6 is 0 Å². The zero-order chi connectivity index (χ0) is 7.40. The molecule has 0 aromatic rings. The SMILES string of the molecule is O=CN1CCN(N=O)CC1. The van der Waals surface area contributed by atoms with E-state index >= 15 is 0 Å². The molecule has 0 aromatic heterocycles. The molecule has 5 heteroatoms. The topological polar surface area (TPSA) is 53.0 Å². The number of nitrogens with zero attached hydrogens (tertiary/aromatic N) is 3. The van der Waals surface area contributed by atoms with Crippen LogP contribution in [0.1, 0.15) is 0 Å². The van der Waals surface area contributed by atoms with Crippen LogP contribution in [0.25, 0.3) is 0 Å². The summed E-state index contributed by atoms with van der Waals surface area (Å²) in [5, 5.41) is 4.17. The maximum Gasteiger partial charge on any atom is 0.209 e. The molecule has 0 spiro atoms. The van der Waals surface area contributed by atoms with Crippen molar-refractivity contribution in [3.8, 4) is 0 Å². The van der Waals surface area contributed by atoms with Crippen LogP contribution in [0, 0.1) is 4.91 Å². The van der Waals surface area contributed by atoms with E-state index in [-0.39, 0.29) is 0 Å².